The summed E-state index contributed by atoms with van der Waals surface area (Å²) in [6.07, 6.45) is 1.55. The molecule has 0 spiro atoms. The van der Waals surface area contributed by atoms with Crippen molar-refractivity contribution < 1.29 is 19.4 Å². The Morgan fingerprint density at radius 2 is 1.79 bits per heavy atom. The number of Topliss-reactive ketones (excluding diaryl/α,β-unsaturated/α-hetero) is 1. The number of ketones is 1. The number of thiophene rings is 1. The molecule has 4 nitrogen and oxygen atoms in total. The van der Waals surface area contributed by atoms with Crippen LogP contribution in [-0.2, 0) is 11.2 Å². The van der Waals surface area contributed by atoms with Gasteiger partial charge in [-0.3, -0.25) is 4.79 Å². The van der Waals surface area contributed by atoms with Crippen LogP contribution in [0.2, 0.25) is 0 Å². The number of aliphatic carboxylic acids is 1. The van der Waals surface area contributed by atoms with Gasteiger partial charge in [0, 0.05) is 4.88 Å². The molecule has 0 aliphatic carbocycles. The summed E-state index contributed by atoms with van der Waals surface area (Å²) in [5.41, 5.74) is 0. The third kappa shape index (κ3) is 3.81. The SMILES string of the molecule is O=C(O)C(=O)c1ccc(CCCOc2ccc3ccccc3c2)s1. The Kier molecular flexibility index (Phi) is 4.91. The Labute approximate surface area is 143 Å². The number of carbonyl (C=O) groups is 2. The second kappa shape index (κ2) is 7.27. The average molecular weight is 340 g/mol. The molecule has 0 aliphatic heterocycles. The predicted octanol–water partition coefficient (Wildman–Crippen LogP) is 4.18. The molecule has 3 aromatic rings. The van der Waals surface area contributed by atoms with Gasteiger partial charge in [-0.1, -0.05) is 30.3 Å². The molecule has 0 amide bonds. The number of ether oxygens (including phenoxy) is 1. The van der Waals surface area contributed by atoms with E-state index < -0.39 is 11.8 Å². The maximum Gasteiger partial charge on any atom is 0.378 e. The summed E-state index contributed by atoms with van der Waals surface area (Å²) in [6, 6.07) is 17.5. The van der Waals surface area contributed by atoms with Crippen LogP contribution in [0.1, 0.15) is 21.0 Å². The van der Waals surface area contributed by atoms with Crippen LogP contribution >= 0.6 is 11.3 Å². The van der Waals surface area contributed by atoms with E-state index in [0.717, 1.165) is 28.9 Å². The molecule has 0 atom stereocenters. The molecule has 5 heteroatoms. The Bertz CT molecular complexity index is 882. The van der Waals surface area contributed by atoms with Crippen LogP contribution in [0.5, 0.6) is 5.75 Å². The molecule has 24 heavy (non-hydrogen) atoms. The van der Waals surface area contributed by atoms with Crippen molar-refractivity contribution >= 4 is 33.9 Å². The quantitative estimate of drug-likeness (QED) is 0.398. The molecular formula is C19H16O4S. The van der Waals surface area contributed by atoms with Crippen molar-refractivity contribution in [1.82, 2.24) is 0 Å². The lowest BCUT2D eigenvalue weighted by Gasteiger charge is -2.07. The Hall–Kier alpha value is -2.66. The van der Waals surface area contributed by atoms with Gasteiger partial charge in [0.15, 0.2) is 0 Å². The van der Waals surface area contributed by atoms with Gasteiger partial charge < -0.3 is 9.84 Å². The molecule has 1 aromatic heterocycles. The highest BCUT2D eigenvalue weighted by molar-refractivity contribution is 7.14. The largest absolute Gasteiger partial charge is 0.494 e. The van der Waals surface area contributed by atoms with Crippen LogP contribution in [0.3, 0.4) is 0 Å². The zero-order chi connectivity index (χ0) is 16.9. The summed E-state index contributed by atoms with van der Waals surface area (Å²) in [4.78, 5) is 23.3. The molecule has 0 saturated heterocycles. The Morgan fingerprint density at radius 3 is 2.58 bits per heavy atom. The zero-order valence-electron chi connectivity index (χ0n) is 12.9. The van der Waals surface area contributed by atoms with Crippen molar-refractivity contribution in [2.75, 3.05) is 6.61 Å². The molecule has 0 bridgehead atoms. The van der Waals surface area contributed by atoms with Crippen LogP contribution in [0.4, 0.5) is 0 Å². The minimum Gasteiger partial charge on any atom is -0.494 e. The van der Waals surface area contributed by atoms with Crippen molar-refractivity contribution in [2.24, 2.45) is 0 Å². The molecular weight excluding hydrogens is 324 g/mol. The van der Waals surface area contributed by atoms with E-state index in [2.05, 4.69) is 12.1 Å². The van der Waals surface area contributed by atoms with Gasteiger partial charge in [0.1, 0.15) is 5.75 Å². The van der Waals surface area contributed by atoms with E-state index in [1.165, 1.54) is 16.7 Å². The first kappa shape index (κ1) is 16.2. The fourth-order valence-electron chi connectivity index (χ4n) is 2.43. The molecule has 3 rings (SSSR count). The first-order chi connectivity index (χ1) is 11.6. The molecule has 1 heterocycles. The number of aryl methyl sites for hydroxylation is 1. The zero-order valence-corrected chi connectivity index (χ0v) is 13.7. The lowest BCUT2D eigenvalue weighted by atomic mass is 10.1. The van der Waals surface area contributed by atoms with E-state index >= 15 is 0 Å². The summed E-state index contributed by atoms with van der Waals surface area (Å²) in [5.74, 6) is -1.43. The number of carboxylic acids is 1. The van der Waals surface area contributed by atoms with E-state index in [1.807, 2.05) is 30.3 Å². The lowest BCUT2D eigenvalue weighted by Crippen LogP contribution is -2.10. The van der Waals surface area contributed by atoms with Crippen LogP contribution in [0.15, 0.2) is 54.6 Å². The number of hydrogen-bond donors (Lipinski definition) is 1. The maximum atomic E-state index is 11.4. The van der Waals surface area contributed by atoms with Crippen LogP contribution in [0, 0.1) is 0 Å². The van der Waals surface area contributed by atoms with Crippen LogP contribution in [0.25, 0.3) is 10.8 Å². The number of hydrogen-bond acceptors (Lipinski definition) is 4. The second-order valence-electron chi connectivity index (χ2n) is 5.36. The van der Waals surface area contributed by atoms with E-state index in [0.29, 0.717) is 6.61 Å². The van der Waals surface area contributed by atoms with E-state index in [-0.39, 0.29) is 4.88 Å². The maximum absolute atomic E-state index is 11.4. The number of fused-ring (bicyclic) bond motifs is 1. The monoisotopic (exact) mass is 340 g/mol. The van der Waals surface area contributed by atoms with Gasteiger partial charge in [0.05, 0.1) is 11.5 Å². The minimum atomic E-state index is -1.41. The van der Waals surface area contributed by atoms with Gasteiger partial charge in [0.2, 0.25) is 0 Å². The van der Waals surface area contributed by atoms with Gasteiger partial charge in [-0.25, -0.2) is 4.79 Å². The van der Waals surface area contributed by atoms with Crippen molar-refractivity contribution in [3.63, 3.8) is 0 Å². The molecule has 122 valence electrons. The molecule has 2 aromatic carbocycles. The molecule has 0 aliphatic rings. The summed E-state index contributed by atoms with van der Waals surface area (Å²) in [5, 5.41) is 11.0. The predicted molar refractivity (Wildman–Crippen MR) is 94.0 cm³/mol. The Balaban J connectivity index is 1.51. The van der Waals surface area contributed by atoms with E-state index in [9.17, 15) is 9.59 Å². The van der Waals surface area contributed by atoms with Crippen LogP contribution in [-0.4, -0.2) is 23.5 Å². The second-order valence-corrected chi connectivity index (χ2v) is 6.53. The van der Waals surface area contributed by atoms with Crippen molar-refractivity contribution in [2.45, 2.75) is 12.8 Å². The molecule has 0 fully saturated rings. The van der Waals surface area contributed by atoms with Gasteiger partial charge in [-0.15, -0.1) is 11.3 Å². The van der Waals surface area contributed by atoms with Gasteiger partial charge >= 0.3 is 5.97 Å². The summed E-state index contributed by atoms with van der Waals surface area (Å²) in [6.45, 7) is 0.568. The minimum absolute atomic E-state index is 0.271. The van der Waals surface area contributed by atoms with Crippen LogP contribution < -0.4 is 4.74 Å². The summed E-state index contributed by atoms with van der Waals surface area (Å²) >= 11 is 1.23. The smallest absolute Gasteiger partial charge is 0.378 e. The highest BCUT2D eigenvalue weighted by Gasteiger charge is 2.16. The standard InChI is InChI=1S/C19H16O4S/c20-18(19(21)22)17-10-9-16(24-17)6-3-11-23-15-8-7-13-4-1-2-5-14(13)12-15/h1-2,4-5,7-10,12H,3,6,11H2,(H,21,22). The molecule has 0 saturated carbocycles. The molecule has 0 radical (unpaired) electrons. The molecule has 0 unspecified atom stereocenters. The topological polar surface area (TPSA) is 63.6 Å². The normalized spacial score (nSPS) is 10.7. The summed E-state index contributed by atoms with van der Waals surface area (Å²) < 4.78 is 5.77. The van der Waals surface area contributed by atoms with Crippen molar-refractivity contribution in [1.29, 1.82) is 0 Å². The van der Waals surface area contributed by atoms with Gasteiger partial charge in [-0.2, -0.15) is 0 Å². The fourth-order valence-corrected chi connectivity index (χ4v) is 3.41. The Morgan fingerprint density at radius 1 is 1.00 bits per heavy atom. The van der Waals surface area contributed by atoms with E-state index in [4.69, 9.17) is 9.84 Å². The lowest BCUT2D eigenvalue weighted by molar-refractivity contribution is -0.131. The number of benzene rings is 2. The highest BCUT2D eigenvalue weighted by Crippen LogP contribution is 2.22. The van der Waals surface area contributed by atoms with Crippen molar-refractivity contribution in [3.8, 4) is 5.75 Å². The molecule has 1 N–H and O–H groups in total. The number of carbonyl (C=O) groups excluding carboxylic acids is 1. The fraction of sp³-hybridized carbons (Fsp3) is 0.158. The van der Waals surface area contributed by atoms with Crippen molar-refractivity contribution in [3.05, 3.63) is 64.4 Å². The first-order valence-electron chi connectivity index (χ1n) is 7.61. The third-order valence-electron chi connectivity index (χ3n) is 3.64. The third-order valence-corrected chi connectivity index (χ3v) is 4.78. The summed E-state index contributed by atoms with van der Waals surface area (Å²) in [7, 11) is 0. The van der Waals surface area contributed by atoms with Gasteiger partial charge in [-0.05, 0) is 47.9 Å². The average Bonchev–Trinajstić information content (AvgIpc) is 3.06. The van der Waals surface area contributed by atoms with Gasteiger partial charge in [0.25, 0.3) is 5.78 Å². The highest BCUT2D eigenvalue weighted by atomic mass is 32.1. The van der Waals surface area contributed by atoms with E-state index in [1.54, 1.807) is 12.1 Å². The number of carboxylic acid groups (broad SMARTS) is 1. The number of rotatable bonds is 7. The first-order valence-corrected chi connectivity index (χ1v) is 8.43.